The van der Waals surface area contributed by atoms with Gasteiger partial charge in [0.25, 0.3) is 0 Å². The SMILES string of the molecule is Cc1ccc(C(O)Cn2ncn(C)c2=O)cc1. The molecule has 0 aliphatic carbocycles. The van der Waals surface area contributed by atoms with E-state index in [2.05, 4.69) is 5.10 Å². The summed E-state index contributed by atoms with van der Waals surface area (Å²) >= 11 is 0. The zero-order chi connectivity index (χ0) is 12.4. The number of aliphatic hydroxyl groups is 1. The fraction of sp³-hybridized carbons (Fsp3) is 0.333. The lowest BCUT2D eigenvalue weighted by atomic mass is 10.1. The third-order valence-electron chi connectivity index (χ3n) is 2.69. The second-order valence-electron chi connectivity index (χ2n) is 4.13. The molecule has 0 saturated carbocycles. The average Bonchev–Trinajstić information content (AvgIpc) is 2.62. The highest BCUT2D eigenvalue weighted by molar-refractivity contribution is 5.22. The van der Waals surface area contributed by atoms with E-state index in [9.17, 15) is 9.90 Å². The second-order valence-corrected chi connectivity index (χ2v) is 4.13. The van der Waals surface area contributed by atoms with Crippen molar-refractivity contribution >= 4 is 0 Å². The molecule has 5 heteroatoms. The summed E-state index contributed by atoms with van der Waals surface area (Å²) in [4.78, 5) is 11.5. The van der Waals surface area contributed by atoms with Crippen LogP contribution in [-0.4, -0.2) is 19.5 Å². The molecule has 17 heavy (non-hydrogen) atoms. The zero-order valence-corrected chi connectivity index (χ0v) is 9.87. The molecule has 1 heterocycles. The Hall–Kier alpha value is -1.88. The molecule has 1 atom stereocenters. The van der Waals surface area contributed by atoms with Crippen LogP contribution >= 0.6 is 0 Å². The van der Waals surface area contributed by atoms with Crippen molar-refractivity contribution < 1.29 is 5.11 Å². The fourth-order valence-corrected chi connectivity index (χ4v) is 1.60. The molecule has 0 saturated heterocycles. The predicted molar refractivity (Wildman–Crippen MR) is 63.6 cm³/mol. The van der Waals surface area contributed by atoms with Crippen LogP contribution in [0.25, 0.3) is 0 Å². The lowest BCUT2D eigenvalue weighted by Crippen LogP contribution is -2.25. The van der Waals surface area contributed by atoms with Gasteiger partial charge in [0.05, 0.1) is 12.6 Å². The van der Waals surface area contributed by atoms with Gasteiger partial charge in [0.2, 0.25) is 0 Å². The normalized spacial score (nSPS) is 12.6. The Morgan fingerprint density at radius 2 is 2.00 bits per heavy atom. The van der Waals surface area contributed by atoms with Crippen LogP contribution in [0.5, 0.6) is 0 Å². The van der Waals surface area contributed by atoms with Crippen LogP contribution in [-0.2, 0) is 13.6 Å². The minimum absolute atomic E-state index is 0.169. The van der Waals surface area contributed by atoms with Crippen LogP contribution < -0.4 is 5.69 Å². The molecular weight excluding hydrogens is 218 g/mol. The summed E-state index contributed by atoms with van der Waals surface area (Å²) in [6.07, 6.45) is 0.715. The first-order valence-corrected chi connectivity index (χ1v) is 5.41. The summed E-state index contributed by atoms with van der Waals surface area (Å²) in [5.41, 5.74) is 1.69. The van der Waals surface area contributed by atoms with E-state index in [1.807, 2.05) is 31.2 Å². The molecular formula is C12H15N3O2. The van der Waals surface area contributed by atoms with E-state index < -0.39 is 6.10 Å². The third-order valence-corrected chi connectivity index (χ3v) is 2.69. The van der Waals surface area contributed by atoms with Gasteiger partial charge in [-0.15, -0.1) is 0 Å². The van der Waals surface area contributed by atoms with Crippen LogP contribution in [0.15, 0.2) is 35.4 Å². The molecule has 0 aliphatic rings. The van der Waals surface area contributed by atoms with E-state index >= 15 is 0 Å². The first-order chi connectivity index (χ1) is 8.08. The number of benzene rings is 1. The van der Waals surface area contributed by atoms with Gasteiger partial charge in [-0.05, 0) is 12.5 Å². The number of hydrogen-bond donors (Lipinski definition) is 1. The summed E-state index contributed by atoms with van der Waals surface area (Å²) < 4.78 is 2.63. The highest BCUT2D eigenvalue weighted by atomic mass is 16.3. The van der Waals surface area contributed by atoms with Gasteiger partial charge in [-0.1, -0.05) is 29.8 Å². The molecule has 2 rings (SSSR count). The molecule has 90 valence electrons. The first kappa shape index (κ1) is 11.6. The van der Waals surface area contributed by atoms with Crippen molar-refractivity contribution in [1.82, 2.24) is 14.3 Å². The monoisotopic (exact) mass is 233 g/mol. The van der Waals surface area contributed by atoms with Gasteiger partial charge in [0, 0.05) is 7.05 Å². The van der Waals surface area contributed by atoms with Crippen molar-refractivity contribution in [2.75, 3.05) is 0 Å². The molecule has 1 unspecified atom stereocenters. The van der Waals surface area contributed by atoms with Gasteiger partial charge in [-0.2, -0.15) is 5.10 Å². The molecule has 0 fully saturated rings. The van der Waals surface area contributed by atoms with E-state index in [1.165, 1.54) is 15.6 Å². The largest absolute Gasteiger partial charge is 0.386 e. The van der Waals surface area contributed by atoms with E-state index in [0.717, 1.165) is 11.1 Å². The van der Waals surface area contributed by atoms with E-state index in [-0.39, 0.29) is 12.2 Å². The number of aliphatic hydroxyl groups excluding tert-OH is 1. The van der Waals surface area contributed by atoms with Gasteiger partial charge in [-0.25, -0.2) is 9.48 Å². The standard InChI is InChI=1S/C12H15N3O2/c1-9-3-5-10(6-4-9)11(16)7-15-12(17)14(2)8-13-15/h3-6,8,11,16H,7H2,1-2H3. The first-order valence-electron chi connectivity index (χ1n) is 5.41. The number of nitrogens with zero attached hydrogens (tertiary/aromatic N) is 3. The van der Waals surface area contributed by atoms with Gasteiger partial charge < -0.3 is 5.11 Å². The van der Waals surface area contributed by atoms with Crippen LogP contribution in [0.2, 0.25) is 0 Å². The molecule has 1 aromatic heterocycles. The lowest BCUT2D eigenvalue weighted by Gasteiger charge is -2.10. The van der Waals surface area contributed by atoms with Crippen LogP contribution in [0.3, 0.4) is 0 Å². The number of hydrogen-bond acceptors (Lipinski definition) is 3. The topological polar surface area (TPSA) is 60.0 Å². The minimum Gasteiger partial charge on any atom is -0.386 e. The number of aryl methyl sites for hydroxylation is 2. The van der Waals surface area contributed by atoms with E-state index in [4.69, 9.17) is 0 Å². The molecule has 0 bridgehead atoms. The highest BCUT2D eigenvalue weighted by Gasteiger charge is 2.11. The minimum atomic E-state index is -0.719. The maximum atomic E-state index is 11.5. The number of aromatic nitrogens is 3. The van der Waals surface area contributed by atoms with Crippen molar-refractivity contribution in [2.24, 2.45) is 7.05 Å². The summed E-state index contributed by atoms with van der Waals surface area (Å²) in [5, 5.41) is 13.9. The van der Waals surface area contributed by atoms with Crippen molar-refractivity contribution in [3.63, 3.8) is 0 Å². The average molecular weight is 233 g/mol. The van der Waals surface area contributed by atoms with Crippen molar-refractivity contribution in [2.45, 2.75) is 19.6 Å². The van der Waals surface area contributed by atoms with Crippen molar-refractivity contribution in [1.29, 1.82) is 0 Å². The molecule has 0 radical (unpaired) electrons. The lowest BCUT2D eigenvalue weighted by molar-refractivity contribution is 0.149. The Kier molecular flexibility index (Phi) is 3.10. The van der Waals surface area contributed by atoms with Gasteiger partial charge >= 0.3 is 5.69 Å². The Morgan fingerprint density at radius 1 is 1.35 bits per heavy atom. The van der Waals surface area contributed by atoms with Gasteiger partial charge in [0.1, 0.15) is 6.33 Å². The molecule has 0 aliphatic heterocycles. The predicted octanol–water partition coefficient (Wildman–Crippen LogP) is 0.624. The quantitative estimate of drug-likeness (QED) is 0.845. The molecule has 5 nitrogen and oxygen atoms in total. The Morgan fingerprint density at radius 3 is 2.53 bits per heavy atom. The maximum absolute atomic E-state index is 11.5. The molecule has 1 aromatic carbocycles. The van der Waals surface area contributed by atoms with Crippen LogP contribution in [0.1, 0.15) is 17.2 Å². The molecule has 0 spiro atoms. The van der Waals surface area contributed by atoms with E-state index in [1.54, 1.807) is 7.05 Å². The summed E-state index contributed by atoms with van der Waals surface area (Å²) in [6.45, 7) is 2.15. The van der Waals surface area contributed by atoms with Crippen LogP contribution in [0, 0.1) is 6.92 Å². The third kappa shape index (κ3) is 2.45. The van der Waals surface area contributed by atoms with Crippen molar-refractivity contribution in [3.8, 4) is 0 Å². The fourth-order valence-electron chi connectivity index (χ4n) is 1.60. The van der Waals surface area contributed by atoms with Gasteiger partial charge in [-0.3, -0.25) is 4.57 Å². The summed E-state index contributed by atoms with van der Waals surface area (Å²) in [7, 11) is 1.63. The molecule has 0 amide bonds. The molecule has 1 N–H and O–H groups in total. The van der Waals surface area contributed by atoms with Gasteiger partial charge in [0.15, 0.2) is 0 Å². The smallest absolute Gasteiger partial charge is 0.345 e. The Labute approximate surface area is 98.9 Å². The highest BCUT2D eigenvalue weighted by Crippen LogP contribution is 2.14. The maximum Gasteiger partial charge on any atom is 0.345 e. The Bertz CT molecular complexity index is 554. The second kappa shape index (κ2) is 4.55. The zero-order valence-electron chi connectivity index (χ0n) is 9.87. The Balaban J connectivity index is 2.17. The molecule has 2 aromatic rings. The number of rotatable bonds is 3. The van der Waals surface area contributed by atoms with Crippen LogP contribution in [0.4, 0.5) is 0 Å². The van der Waals surface area contributed by atoms with Crippen molar-refractivity contribution in [3.05, 3.63) is 52.2 Å². The van der Waals surface area contributed by atoms with E-state index in [0.29, 0.717) is 0 Å². The summed E-state index contributed by atoms with van der Waals surface area (Å²) in [6, 6.07) is 7.57. The summed E-state index contributed by atoms with van der Waals surface area (Å²) in [5.74, 6) is 0.